The molecule has 0 aromatic heterocycles. The third-order valence-corrected chi connectivity index (χ3v) is 4.46. The van der Waals surface area contributed by atoms with E-state index in [1.165, 1.54) is 18.2 Å². The molecule has 7 nitrogen and oxygen atoms in total. The van der Waals surface area contributed by atoms with Gasteiger partial charge in [-0.3, -0.25) is 9.35 Å². The van der Waals surface area contributed by atoms with Gasteiger partial charge in [0.15, 0.2) is 0 Å². The minimum absolute atomic E-state index is 0. The zero-order valence-electron chi connectivity index (χ0n) is 13.8. The predicted molar refractivity (Wildman–Crippen MR) is 100.0 cm³/mol. The summed E-state index contributed by atoms with van der Waals surface area (Å²) in [6.07, 6.45) is 0. The van der Waals surface area contributed by atoms with E-state index in [1.54, 1.807) is 30.3 Å². The van der Waals surface area contributed by atoms with Crippen LogP contribution in [0.25, 0.3) is 10.8 Å². The van der Waals surface area contributed by atoms with E-state index < -0.39 is 15.0 Å². The smallest absolute Gasteiger partial charge is 0.294 e. The van der Waals surface area contributed by atoms with E-state index in [-0.39, 0.29) is 41.2 Å². The largest absolute Gasteiger partial charge is 0.507 e. The van der Waals surface area contributed by atoms with Crippen LogP contribution in [0.5, 0.6) is 5.75 Å². The third-order valence-electron chi connectivity index (χ3n) is 3.63. The Morgan fingerprint density at radius 1 is 1.00 bits per heavy atom. The monoisotopic (exact) mass is 381 g/mol. The van der Waals surface area contributed by atoms with Crippen molar-refractivity contribution in [2.45, 2.75) is 4.90 Å². The van der Waals surface area contributed by atoms with Gasteiger partial charge in [-0.05, 0) is 53.9 Å². The molecule has 1 radical (unpaired) electrons. The Morgan fingerprint density at radius 2 is 1.65 bits per heavy atom. The summed E-state index contributed by atoms with van der Waals surface area (Å²) in [5.41, 5.74) is 6.93. The number of carbonyl (C=O) groups is 1. The van der Waals surface area contributed by atoms with Crippen LogP contribution < -0.4 is 11.1 Å². The Balaban J connectivity index is 0.00000243. The van der Waals surface area contributed by atoms with E-state index in [2.05, 4.69) is 5.32 Å². The summed E-state index contributed by atoms with van der Waals surface area (Å²) in [6.45, 7) is 0. The van der Waals surface area contributed by atoms with Gasteiger partial charge in [0, 0.05) is 57.9 Å². The van der Waals surface area contributed by atoms with Crippen molar-refractivity contribution >= 4 is 67.7 Å². The molecule has 0 spiro atoms. The van der Waals surface area contributed by atoms with Crippen LogP contribution in [0.4, 0.5) is 11.4 Å². The molecule has 0 atom stereocenters. The second-order valence-electron chi connectivity index (χ2n) is 5.43. The minimum Gasteiger partial charge on any atom is -0.507 e. The number of nitrogens with two attached hydrogens (primary N) is 1. The van der Waals surface area contributed by atoms with Crippen molar-refractivity contribution in [1.82, 2.24) is 0 Å². The fraction of sp³-hybridized carbons (Fsp3) is 0. The second-order valence-corrected chi connectivity index (χ2v) is 6.85. The second kappa shape index (κ2) is 7.65. The normalized spacial score (nSPS) is 11.0. The number of nitrogens with one attached hydrogen (secondary N) is 1. The first-order valence-electron chi connectivity index (χ1n) is 7.15. The van der Waals surface area contributed by atoms with Gasteiger partial charge in [0.25, 0.3) is 16.0 Å². The van der Waals surface area contributed by atoms with Crippen LogP contribution in [0.3, 0.4) is 0 Å². The number of hydrogen-bond acceptors (Lipinski definition) is 5. The fourth-order valence-corrected chi connectivity index (χ4v) is 2.92. The van der Waals surface area contributed by atoms with E-state index in [1.807, 2.05) is 0 Å². The summed E-state index contributed by atoms with van der Waals surface area (Å²) in [5, 5.41) is 13.3. The van der Waals surface area contributed by atoms with Crippen molar-refractivity contribution in [3.63, 3.8) is 0 Å². The maximum absolute atomic E-state index is 12.2. The summed E-state index contributed by atoms with van der Waals surface area (Å²) in [5.74, 6) is -0.656. The predicted octanol–water partition coefficient (Wildman–Crippen LogP) is 2.25. The summed E-state index contributed by atoms with van der Waals surface area (Å²) >= 11 is 0. The molecule has 9 heteroatoms. The first kappa shape index (κ1) is 20.2. The fourth-order valence-electron chi connectivity index (χ4n) is 2.39. The number of anilines is 2. The van der Waals surface area contributed by atoms with Crippen molar-refractivity contribution in [1.29, 1.82) is 0 Å². The van der Waals surface area contributed by atoms with Gasteiger partial charge in [0.1, 0.15) is 5.75 Å². The molecular formula is C17H14N2NaO5S. The van der Waals surface area contributed by atoms with Crippen molar-refractivity contribution in [2.75, 3.05) is 11.1 Å². The van der Waals surface area contributed by atoms with Gasteiger partial charge >= 0.3 is 0 Å². The molecule has 3 aromatic carbocycles. The molecule has 0 heterocycles. The molecule has 129 valence electrons. The molecule has 0 aliphatic carbocycles. The molecule has 0 aliphatic rings. The summed E-state index contributed by atoms with van der Waals surface area (Å²) in [7, 11) is -4.46. The summed E-state index contributed by atoms with van der Waals surface area (Å²) < 4.78 is 31.7. The number of phenolic OH excluding ortho intramolecular Hbond substituents is 1. The number of nitrogen functional groups attached to an aromatic ring is 1. The van der Waals surface area contributed by atoms with E-state index in [0.29, 0.717) is 27.7 Å². The van der Waals surface area contributed by atoms with Crippen molar-refractivity contribution in [3.05, 3.63) is 60.2 Å². The molecule has 26 heavy (non-hydrogen) atoms. The first-order valence-corrected chi connectivity index (χ1v) is 8.59. The number of phenols is 1. The first-order chi connectivity index (χ1) is 11.7. The average molecular weight is 381 g/mol. The molecule has 3 aromatic rings. The zero-order chi connectivity index (χ0) is 18.2. The van der Waals surface area contributed by atoms with E-state index >= 15 is 0 Å². The number of aromatic hydroxyl groups is 1. The Hall–Kier alpha value is -2.10. The third kappa shape index (κ3) is 4.35. The molecule has 5 N–H and O–H groups in total. The topological polar surface area (TPSA) is 130 Å². The number of fused-ring (bicyclic) bond motifs is 1. The number of hydrogen-bond donors (Lipinski definition) is 4. The number of carbonyl (C=O) groups excluding carboxylic acids is 1. The maximum atomic E-state index is 12.2. The molecule has 0 bridgehead atoms. The molecule has 0 fully saturated rings. The quantitative estimate of drug-likeness (QED) is 0.313. The molecule has 1 amide bonds. The Morgan fingerprint density at radius 3 is 2.27 bits per heavy atom. The van der Waals surface area contributed by atoms with Crippen molar-refractivity contribution in [3.8, 4) is 5.75 Å². The molecule has 0 unspecified atom stereocenters. The Bertz CT molecular complexity index is 1080. The van der Waals surface area contributed by atoms with E-state index in [0.717, 1.165) is 6.07 Å². The van der Waals surface area contributed by atoms with Crippen molar-refractivity contribution in [2.24, 2.45) is 0 Å². The number of benzene rings is 3. The summed E-state index contributed by atoms with van der Waals surface area (Å²) in [6, 6.07) is 13.1. The molecule has 0 saturated heterocycles. The molecule has 0 aliphatic heterocycles. The molecule has 3 rings (SSSR count). The maximum Gasteiger partial charge on any atom is 0.294 e. The number of amides is 1. The zero-order valence-corrected chi connectivity index (χ0v) is 16.6. The minimum atomic E-state index is -4.46. The van der Waals surface area contributed by atoms with E-state index in [9.17, 15) is 18.3 Å². The van der Waals surface area contributed by atoms with Crippen LogP contribution in [-0.2, 0) is 10.1 Å². The van der Waals surface area contributed by atoms with Crippen molar-refractivity contribution < 1.29 is 22.9 Å². The van der Waals surface area contributed by atoms with Gasteiger partial charge < -0.3 is 16.2 Å². The average Bonchev–Trinajstić information content (AvgIpc) is 2.54. The molecular weight excluding hydrogens is 367 g/mol. The van der Waals surface area contributed by atoms with Crippen LogP contribution in [0, 0.1) is 0 Å². The van der Waals surface area contributed by atoms with Crippen LogP contribution >= 0.6 is 0 Å². The van der Waals surface area contributed by atoms with Gasteiger partial charge in [-0.2, -0.15) is 8.42 Å². The Labute approximate surface area is 171 Å². The summed E-state index contributed by atoms with van der Waals surface area (Å²) in [4.78, 5) is 11.8. The Kier molecular flexibility index (Phi) is 5.94. The van der Waals surface area contributed by atoms with Gasteiger partial charge in [-0.25, -0.2) is 0 Å². The van der Waals surface area contributed by atoms with E-state index in [4.69, 9.17) is 10.3 Å². The van der Waals surface area contributed by atoms with Gasteiger partial charge in [0.05, 0.1) is 4.90 Å². The van der Waals surface area contributed by atoms with Crippen LogP contribution in [0.2, 0.25) is 0 Å². The van der Waals surface area contributed by atoms with Crippen LogP contribution in [-0.4, -0.2) is 53.5 Å². The number of rotatable bonds is 3. The van der Waals surface area contributed by atoms with Gasteiger partial charge in [0.2, 0.25) is 0 Å². The van der Waals surface area contributed by atoms with Gasteiger partial charge in [-0.15, -0.1) is 0 Å². The SMILES string of the molecule is Nc1ccc(C(=O)Nc2ccc3c(O)cc(S(=O)(=O)O)cc3c2)cc1.[Na]. The van der Waals surface area contributed by atoms with Crippen LogP contribution in [0.15, 0.2) is 59.5 Å². The van der Waals surface area contributed by atoms with Gasteiger partial charge in [-0.1, -0.05) is 0 Å². The van der Waals surface area contributed by atoms with Crippen LogP contribution in [0.1, 0.15) is 10.4 Å². The standard InChI is InChI=1S/C17H14N2O5S.Na/c18-12-3-1-10(2-4-12)17(21)19-13-5-6-15-11(7-13)8-14(9-16(15)20)25(22,23)24;/h1-9,20H,18H2,(H,19,21)(H,22,23,24);. The molecule has 0 saturated carbocycles.